The Hall–Kier alpha value is -0.610. The number of hydrogen-bond donors (Lipinski definition) is 1. The van der Waals surface area contributed by atoms with E-state index >= 15 is 0 Å². The minimum absolute atomic E-state index is 0.278. The SMILES string of the molecule is CCN1CC(NC2COC2)CC1=O. The van der Waals surface area contributed by atoms with E-state index in [0.717, 1.165) is 26.3 Å². The highest BCUT2D eigenvalue weighted by Crippen LogP contribution is 2.12. The summed E-state index contributed by atoms with van der Waals surface area (Å²) in [5, 5.41) is 3.42. The summed E-state index contributed by atoms with van der Waals surface area (Å²) < 4.78 is 5.06. The third kappa shape index (κ3) is 1.84. The number of hydrogen-bond acceptors (Lipinski definition) is 3. The maximum atomic E-state index is 11.4. The molecule has 0 saturated carbocycles. The molecule has 0 radical (unpaired) electrons. The van der Waals surface area contributed by atoms with Crippen LogP contribution in [0.1, 0.15) is 13.3 Å². The van der Waals surface area contributed by atoms with Gasteiger partial charge in [0.15, 0.2) is 0 Å². The Kier molecular flexibility index (Phi) is 2.51. The van der Waals surface area contributed by atoms with Crippen molar-refractivity contribution in [2.24, 2.45) is 0 Å². The van der Waals surface area contributed by atoms with Crippen molar-refractivity contribution >= 4 is 5.91 Å². The molecule has 4 heteroatoms. The number of carbonyl (C=O) groups is 1. The van der Waals surface area contributed by atoms with Crippen LogP contribution in [0, 0.1) is 0 Å². The van der Waals surface area contributed by atoms with Crippen LogP contribution in [0.25, 0.3) is 0 Å². The Morgan fingerprint density at radius 1 is 1.54 bits per heavy atom. The summed E-state index contributed by atoms with van der Waals surface area (Å²) in [7, 11) is 0. The smallest absolute Gasteiger partial charge is 0.224 e. The first-order valence-electron chi connectivity index (χ1n) is 4.91. The van der Waals surface area contributed by atoms with E-state index in [-0.39, 0.29) is 5.91 Å². The molecule has 2 fully saturated rings. The molecule has 2 aliphatic rings. The summed E-state index contributed by atoms with van der Waals surface area (Å²) in [6.45, 7) is 5.32. The Bertz CT molecular complexity index is 204. The fourth-order valence-corrected chi connectivity index (χ4v) is 1.85. The predicted molar refractivity (Wildman–Crippen MR) is 48.4 cm³/mol. The fourth-order valence-electron chi connectivity index (χ4n) is 1.85. The molecule has 2 heterocycles. The van der Waals surface area contributed by atoms with Crippen molar-refractivity contribution in [2.45, 2.75) is 25.4 Å². The van der Waals surface area contributed by atoms with Crippen LogP contribution in [0.4, 0.5) is 0 Å². The molecular formula is C9H16N2O2. The first kappa shape index (κ1) is 8.97. The highest BCUT2D eigenvalue weighted by atomic mass is 16.5. The number of nitrogens with one attached hydrogen (secondary N) is 1. The second-order valence-corrected chi connectivity index (χ2v) is 3.73. The van der Waals surface area contributed by atoms with E-state index in [1.807, 2.05) is 11.8 Å². The molecule has 0 spiro atoms. The molecule has 0 aromatic heterocycles. The summed E-state index contributed by atoms with van der Waals surface area (Å²) in [4.78, 5) is 13.3. The van der Waals surface area contributed by atoms with E-state index < -0.39 is 0 Å². The van der Waals surface area contributed by atoms with E-state index in [2.05, 4.69) is 5.32 Å². The summed E-state index contributed by atoms with van der Waals surface area (Å²) in [5.74, 6) is 0.278. The van der Waals surface area contributed by atoms with Crippen LogP contribution in [-0.4, -0.2) is 49.2 Å². The van der Waals surface area contributed by atoms with E-state index in [1.165, 1.54) is 0 Å². The zero-order chi connectivity index (χ0) is 9.26. The minimum atomic E-state index is 0.278. The lowest BCUT2D eigenvalue weighted by atomic mass is 10.2. The summed E-state index contributed by atoms with van der Waals surface area (Å²) in [5.41, 5.74) is 0. The molecule has 13 heavy (non-hydrogen) atoms. The lowest BCUT2D eigenvalue weighted by molar-refractivity contribution is -0.127. The molecule has 1 amide bonds. The number of ether oxygens (including phenoxy) is 1. The number of carbonyl (C=O) groups excluding carboxylic acids is 1. The minimum Gasteiger partial charge on any atom is -0.378 e. The van der Waals surface area contributed by atoms with Crippen LogP contribution in [-0.2, 0) is 9.53 Å². The third-order valence-corrected chi connectivity index (χ3v) is 2.71. The molecule has 0 aromatic carbocycles. The van der Waals surface area contributed by atoms with Gasteiger partial charge in [0.05, 0.1) is 19.3 Å². The van der Waals surface area contributed by atoms with Crippen molar-refractivity contribution in [1.29, 1.82) is 0 Å². The average molecular weight is 184 g/mol. The van der Waals surface area contributed by atoms with Gasteiger partial charge in [-0.2, -0.15) is 0 Å². The third-order valence-electron chi connectivity index (χ3n) is 2.71. The molecular weight excluding hydrogens is 168 g/mol. The monoisotopic (exact) mass is 184 g/mol. The average Bonchev–Trinajstić information content (AvgIpc) is 2.39. The van der Waals surface area contributed by atoms with Gasteiger partial charge >= 0.3 is 0 Å². The first-order valence-corrected chi connectivity index (χ1v) is 4.91. The summed E-state index contributed by atoms with van der Waals surface area (Å²) in [6.07, 6.45) is 0.657. The molecule has 1 atom stereocenters. The van der Waals surface area contributed by atoms with Crippen molar-refractivity contribution in [1.82, 2.24) is 10.2 Å². The van der Waals surface area contributed by atoms with E-state index in [1.54, 1.807) is 0 Å². The number of likely N-dealkylation sites (tertiary alicyclic amines) is 1. The molecule has 0 aromatic rings. The van der Waals surface area contributed by atoms with Gasteiger partial charge in [-0.05, 0) is 6.92 Å². The van der Waals surface area contributed by atoms with Gasteiger partial charge in [-0.25, -0.2) is 0 Å². The highest BCUT2D eigenvalue weighted by Gasteiger charge is 2.31. The molecule has 2 rings (SSSR count). The van der Waals surface area contributed by atoms with Crippen molar-refractivity contribution < 1.29 is 9.53 Å². The van der Waals surface area contributed by atoms with Gasteiger partial charge in [0.2, 0.25) is 5.91 Å². The Labute approximate surface area is 78.2 Å². The molecule has 2 aliphatic heterocycles. The summed E-state index contributed by atoms with van der Waals surface area (Å²) >= 11 is 0. The quantitative estimate of drug-likeness (QED) is 0.648. The fraction of sp³-hybridized carbons (Fsp3) is 0.889. The predicted octanol–water partition coefficient (Wildman–Crippen LogP) is -0.404. The normalized spacial score (nSPS) is 29.5. The lowest BCUT2D eigenvalue weighted by Crippen LogP contribution is -2.51. The number of nitrogens with zero attached hydrogens (tertiary/aromatic N) is 1. The maximum absolute atomic E-state index is 11.4. The van der Waals surface area contributed by atoms with Crippen LogP contribution in [0.2, 0.25) is 0 Å². The highest BCUT2D eigenvalue weighted by molar-refractivity contribution is 5.79. The van der Waals surface area contributed by atoms with Gasteiger partial charge < -0.3 is 15.0 Å². The van der Waals surface area contributed by atoms with Crippen molar-refractivity contribution in [3.05, 3.63) is 0 Å². The second kappa shape index (κ2) is 3.64. The van der Waals surface area contributed by atoms with Gasteiger partial charge in [-0.1, -0.05) is 0 Å². The van der Waals surface area contributed by atoms with Crippen molar-refractivity contribution in [3.8, 4) is 0 Å². The molecule has 1 N–H and O–H groups in total. The van der Waals surface area contributed by atoms with Crippen molar-refractivity contribution in [3.63, 3.8) is 0 Å². The number of likely N-dealkylation sites (N-methyl/N-ethyl adjacent to an activating group) is 1. The van der Waals surface area contributed by atoms with Gasteiger partial charge in [0, 0.05) is 25.6 Å². The zero-order valence-electron chi connectivity index (χ0n) is 7.95. The molecule has 1 unspecified atom stereocenters. The van der Waals surface area contributed by atoms with E-state index in [0.29, 0.717) is 18.5 Å². The number of amides is 1. The topological polar surface area (TPSA) is 41.6 Å². The number of rotatable bonds is 3. The Balaban J connectivity index is 1.79. The summed E-state index contributed by atoms with van der Waals surface area (Å²) in [6, 6.07) is 0.830. The van der Waals surface area contributed by atoms with Gasteiger partial charge in [0.1, 0.15) is 0 Å². The van der Waals surface area contributed by atoms with Crippen LogP contribution >= 0.6 is 0 Å². The molecule has 0 bridgehead atoms. The van der Waals surface area contributed by atoms with Gasteiger partial charge in [-0.15, -0.1) is 0 Å². The van der Waals surface area contributed by atoms with E-state index in [9.17, 15) is 4.79 Å². The second-order valence-electron chi connectivity index (χ2n) is 3.73. The maximum Gasteiger partial charge on any atom is 0.224 e. The molecule has 4 nitrogen and oxygen atoms in total. The largest absolute Gasteiger partial charge is 0.378 e. The first-order chi connectivity index (χ1) is 6.29. The Morgan fingerprint density at radius 3 is 2.77 bits per heavy atom. The molecule has 2 saturated heterocycles. The van der Waals surface area contributed by atoms with Crippen LogP contribution < -0.4 is 5.32 Å². The standard InChI is InChI=1S/C9H16N2O2/c1-2-11-4-7(3-9(11)12)10-8-5-13-6-8/h7-8,10H,2-6H2,1H3. The van der Waals surface area contributed by atoms with Gasteiger partial charge in [-0.3, -0.25) is 4.79 Å². The van der Waals surface area contributed by atoms with Crippen LogP contribution in [0.5, 0.6) is 0 Å². The lowest BCUT2D eigenvalue weighted by Gasteiger charge is -2.29. The molecule has 0 aliphatic carbocycles. The van der Waals surface area contributed by atoms with Crippen molar-refractivity contribution in [2.75, 3.05) is 26.3 Å². The molecule has 74 valence electrons. The Morgan fingerprint density at radius 2 is 2.31 bits per heavy atom. The van der Waals surface area contributed by atoms with E-state index in [4.69, 9.17) is 4.74 Å². The van der Waals surface area contributed by atoms with Crippen LogP contribution in [0.15, 0.2) is 0 Å². The zero-order valence-corrected chi connectivity index (χ0v) is 7.95. The van der Waals surface area contributed by atoms with Gasteiger partial charge in [0.25, 0.3) is 0 Å². The van der Waals surface area contributed by atoms with Crippen LogP contribution in [0.3, 0.4) is 0 Å².